The van der Waals surface area contributed by atoms with Gasteiger partial charge in [-0.1, -0.05) is 29.4 Å². The largest absolute Gasteiger partial charge is 0.359 e. The van der Waals surface area contributed by atoms with Gasteiger partial charge in [0, 0.05) is 6.04 Å². The molecule has 0 aliphatic heterocycles. The molecule has 0 aromatic carbocycles. The first-order valence-electron chi connectivity index (χ1n) is 5.03. The highest BCUT2D eigenvalue weighted by Gasteiger charge is 2.24. The Kier molecular flexibility index (Phi) is 3.13. The van der Waals surface area contributed by atoms with Crippen LogP contribution < -0.4 is 5.32 Å². The predicted molar refractivity (Wildman–Crippen MR) is 62.3 cm³/mol. The highest BCUT2D eigenvalue weighted by molar-refractivity contribution is 7.16. The molecule has 0 bridgehead atoms. The molecule has 1 aromatic rings. The van der Waals surface area contributed by atoms with Crippen LogP contribution in [0.25, 0.3) is 0 Å². The van der Waals surface area contributed by atoms with E-state index in [0.717, 1.165) is 11.0 Å². The van der Waals surface area contributed by atoms with E-state index in [-0.39, 0.29) is 0 Å². The van der Waals surface area contributed by atoms with E-state index >= 15 is 0 Å². The highest BCUT2D eigenvalue weighted by Crippen LogP contribution is 2.33. The molecule has 1 aliphatic carbocycles. The summed E-state index contributed by atoms with van der Waals surface area (Å²) in [6.45, 7) is 2.16. The van der Waals surface area contributed by atoms with Gasteiger partial charge in [-0.2, -0.15) is 5.26 Å². The smallest absolute Gasteiger partial charge is 0.185 e. The number of nitrogens with one attached hydrogen (secondary N) is 1. The van der Waals surface area contributed by atoms with Gasteiger partial charge in [-0.15, -0.1) is 0 Å². The molecular formula is C10H12ClN3S. The average molecular weight is 242 g/mol. The number of halogens is 1. The Balaban J connectivity index is 2.01. The fourth-order valence-corrected chi connectivity index (χ4v) is 2.73. The summed E-state index contributed by atoms with van der Waals surface area (Å²) in [5.74, 6) is 0.748. The van der Waals surface area contributed by atoms with E-state index in [1.54, 1.807) is 0 Å². The van der Waals surface area contributed by atoms with Crippen molar-refractivity contribution in [1.82, 2.24) is 4.98 Å². The first-order chi connectivity index (χ1) is 7.20. The summed E-state index contributed by atoms with van der Waals surface area (Å²) in [5, 5.41) is 13.1. The van der Waals surface area contributed by atoms with Crippen molar-refractivity contribution >= 4 is 28.1 Å². The third-order valence-corrected chi connectivity index (χ3v) is 4.17. The van der Waals surface area contributed by atoms with Crippen LogP contribution in [0.5, 0.6) is 0 Å². The van der Waals surface area contributed by atoms with E-state index in [0.29, 0.717) is 16.1 Å². The van der Waals surface area contributed by atoms with Crippen molar-refractivity contribution in [3.8, 4) is 6.07 Å². The maximum atomic E-state index is 8.74. The molecule has 1 unspecified atom stereocenters. The lowest BCUT2D eigenvalue weighted by Gasteiger charge is -2.31. The third kappa shape index (κ3) is 2.24. The van der Waals surface area contributed by atoms with Crippen molar-refractivity contribution in [2.24, 2.45) is 5.92 Å². The van der Waals surface area contributed by atoms with E-state index in [1.807, 2.05) is 6.07 Å². The second-order valence-electron chi connectivity index (χ2n) is 3.87. The number of nitrogens with zero attached hydrogens (tertiary/aromatic N) is 2. The molecule has 1 atom stereocenters. The van der Waals surface area contributed by atoms with Gasteiger partial charge in [-0.05, 0) is 25.7 Å². The van der Waals surface area contributed by atoms with Gasteiger partial charge in [0.2, 0.25) is 0 Å². The van der Waals surface area contributed by atoms with Crippen LogP contribution in [-0.2, 0) is 0 Å². The fourth-order valence-electron chi connectivity index (χ4n) is 1.68. The van der Waals surface area contributed by atoms with Crippen molar-refractivity contribution in [3.05, 3.63) is 10.0 Å². The number of rotatable bonds is 3. The molecule has 80 valence electrons. The van der Waals surface area contributed by atoms with Crippen LogP contribution in [0.3, 0.4) is 0 Å². The van der Waals surface area contributed by atoms with Crippen LogP contribution in [-0.4, -0.2) is 11.0 Å². The summed E-state index contributed by atoms with van der Waals surface area (Å²) in [6.07, 6.45) is 3.91. The molecule has 0 radical (unpaired) electrons. The Morgan fingerprint density at radius 3 is 2.87 bits per heavy atom. The molecule has 1 fully saturated rings. The monoisotopic (exact) mass is 241 g/mol. The van der Waals surface area contributed by atoms with E-state index in [1.165, 1.54) is 30.6 Å². The van der Waals surface area contributed by atoms with Crippen LogP contribution in [0, 0.1) is 17.2 Å². The fraction of sp³-hybridized carbons (Fsp3) is 0.600. The summed E-state index contributed by atoms with van der Waals surface area (Å²) in [5.41, 5.74) is 0. The molecular weight excluding hydrogens is 230 g/mol. The molecule has 1 aliphatic rings. The average Bonchev–Trinajstić information content (AvgIpc) is 2.42. The van der Waals surface area contributed by atoms with Crippen molar-refractivity contribution in [2.45, 2.75) is 32.2 Å². The van der Waals surface area contributed by atoms with Gasteiger partial charge in [0.25, 0.3) is 0 Å². The van der Waals surface area contributed by atoms with Crippen LogP contribution in [0.2, 0.25) is 5.15 Å². The van der Waals surface area contributed by atoms with Crippen LogP contribution in [0.15, 0.2) is 0 Å². The second kappa shape index (κ2) is 4.38. The van der Waals surface area contributed by atoms with Crippen molar-refractivity contribution in [1.29, 1.82) is 5.26 Å². The standard InChI is InChI=1S/C10H12ClN3S/c1-6(7-3-2-4-7)13-10-14-9(11)8(5-12)15-10/h6-7H,2-4H2,1H3,(H,13,14). The molecule has 2 rings (SSSR count). The van der Waals surface area contributed by atoms with Crippen LogP contribution in [0.4, 0.5) is 5.13 Å². The van der Waals surface area contributed by atoms with Gasteiger partial charge in [0.1, 0.15) is 10.9 Å². The summed E-state index contributed by atoms with van der Waals surface area (Å²) in [6, 6.07) is 2.45. The maximum Gasteiger partial charge on any atom is 0.185 e. The van der Waals surface area contributed by atoms with Crippen molar-refractivity contribution < 1.29 is 0 Å². The molecule has 1 N–H and O–H groups in total. The van der Waals surface area contributed by atoms with E-state index < -0.39 is 0 Å². The molecule has 3 nitrogen and oxygen atoms in total. The van der Waals surface area contributed by atoms with Gasteiger partial charge in [-0.3, -0.25) is 0 Å². The zero-order valence-corrected chi connectivity index (χ0v) is 10.0. The molecule has 5 heteroatoms. The molecule has 1 heterocycles. The topological polar surface area (TPSA) is 48.7 Å². The Labute approximate surface area is 98.1 Å². The summed E-state index contributed by atoms with van der Waals surface area (Å²) < 4.78 is 0. The second-order valence-corrected chi connectivity index (χ2v) is 5.23. The summed E-state index contributed by atoms with van der Waals surface area (Å²) in [4.78, 5) is 4.60. The lowest BCUT2D eigenvalue weighted by atomic mass is 9.80. The number of thiazole rings is 1. The minimum Gasteiger partial charge on any atom is -0.359 e. The number of hydrogen-bond donors (Lipinski definition) is 1. The molecule has 0 saturated heterocycles. The van der Waals surface area contributed by atoms with Gasteiger partial charge >= 0.3 is 0 Å². The predicted octanol–water partition coefficient (Wildman–Crippen LogP) is 3.27. The normalized spacial score (nSPS) is 17.9. The first kappa shape index (κ1) is 10.7. The number of nitriles is 1. The number of hydrogen-bond acceptors (Lipinski definition) is 4. The van der Waals surface area contributed by atoms with Gasteiger partial charge in [-0.25, -0.2) is 4.98 Å². The Morgan fingerprint density at radius 1 is 1.67 bits per heavy atom. The first-order valence-corrected chi connectivity index (χ1v) is 6.23. The Hall–Kier alpha value is -0.790. The molecule has 1 saturated carbocycles. The molecule has 0 amide bonds. The van der Waals surface area contributed by atoms with Crippen molar-refractivity contribution in [2.75, 3.05) is 5.32 Å². The molecule has 15 heavy (non-hydrogen) atoms. The minimum absolute atomic E-state index is 0.311. The SMILES string of the molecule is CC(Nc1nc(Cl)c(C#N)s1)C1CCC1. The summed E-state index contributed by atoms with van der Waals surface area (Å²) in [7, 11) is 0. The Bertz CT molecular complexity index is 392. The highest BCUT2D eigenvalue weighted by atomic mass is 35.5. The third-order valence-electron chi connectivity index (χ3n) is 2.90. The van der Waals surface area contributed by atoms with Gasteiger partial charge in [0.15, 0.2) is 10.3 Å². The number of anilines is 1. The van der Waals surface area contributed by atoms with Crippen LogP contribution >= 0.6 is 22.9 Å². The molecule has 0 spiro atoms. The van der Waals surface area contributed by atoms with Gasteiger partial charge < -0.3 is 5.32 Å². The summed E-state index contributed by atoms with van der Waals surface area (Å²) >= 11 is 7.12. The minimum atomic E-state index is 0.311. The van der Waals surface area contributed by atoms with E-state index in [4.69, 9.17) is 16.9 Å². The maximum absolute atomic E-state index is 8.74. The zero-order chi connectivity index (χ0) is 10.8. The lowest BCUT2D eigenvalue weighted by molar-refractivity contribution is 0.285. The lowest BCUT2D eigenvalue weighted by Crippen LogP contribution is -2.30. The molecule has 1 aromatic heterocycles. The Morgan fingerprint density at radius 2 is 2.40 bits per heavy atom. The van der Waals surface area contributed by atoms with Gasteiger partial charge in [0.05, 0.1) is 0 Å². The van der Waals surface area contributed by atoms with Crippen LogP contribution in [0.1, 0.15) is 31.1 Å². The zero-order valence-electron chi connectivity index (χ0n) is 8.46. The van der Waals surface area contributed by atoms with E-state index in [9.17, 15) is 0 Å². The quantitative estimate of drug-likeness (QED) is 0.884. The van der Waals surface area contributed by atoms with Crippen molar-refractivity contribution in [3.63, 3.8) is 0 Å². The van der Waals surface area contributed by atoms with E-state index in [2.05, 4.69) is 17.2 Å². The number of aromatic nitrogens is 1.